The molecule has 1 heterocycles. The van der Waals surface area contributed by atoms with Gasteiger partial charge in [0.25, 0.3) is 0 Å². The highest BCUT2D eigenvalue weighted by Gasteiger charge is 2.01. The zero-order valence-electron chi connectivity index (χ0n) is 8.23. The third-order valence-corrected chi connectivity index (χ3v) is 2.61. The summed E-state index contributed by atoms with van der Waals surface area (Å²) in [5, 5.41) is 5.21. The maximum atomic E-state index is 11.0. The predicted molar refractivity (Wildman–Crippen MR) is 59.8 cm³/mol. The largest absolute Gasteiger partial charge is 0.294 e. The number of thiophene rings is 1. The summed E-state index contributed by atoms with van der Waals surface area (Å²) < 4.78 is 0. The molecule has 5 heteroatoms. The third-order valence-electron chi connectivity index (χ3n) is 1.58. The lowest BCUT2D eigenvalue weighted by atomic mass is 10.2. The van der Waals surface area contributed by atoms with Crippen molar-refractivity contribution in [1.29, 1.82) is 0 Å². The molecule has 15 heavy (non-hydrogen) atoms. The Labute approximate surface area is 91.6 Å². The van der Waals surface area contributed by atoms with E-state index in [9.17, 15) is 4.79 Å². The second-order valence-corrected chi connectivity index (χ2v) is 3.67. The molecule has 0 saturated carbocycles. The molecule has 0 saturated heterocycles. The van der Waals surface area contributed by atoms with Crippen molar-refractivity contribution in [3.63, 3.8) is 0 Å². The summed E-state index contributed by atoms with van der Waals surface area (Å²) in [7, 11) is 0. The normalized spacial score (nSPS) is 8.60. The molecule has 1 aromatic rings. The van der Waals surface area contributed by atoms with E-state index in [1.165, 1.54) is 18.3 Å². The molecule has 0 aromatic carbocycles. The van der Waals surface area contributed by atoms with Crippen LogP contribution in [0.1, 0.15) is 28.6 Å². The summed E-state index contributed by atoms with van der Waals surface area (Å²) in [6.07, 6.45) is 0.537. The van der Waals surface area contributed by atoms with Gasteiger partial charge in [-0.2, -0.15) is 0 Å². The summed E-state index contributed by atoms with van der Waals surface area (Å²) >= 11 is 1.39. The molecule has 0 N–H and O–H groups in total. The number of ketones is 1. The van der Waals surface area contributed by atoms with Crippen LogP contribution in [0.2, 0.25) is 0 Å². The minimum atomic E-state index is 0.0575. The molecule has 0 radical (unpaired) electrons. The lowest BCUT2D eigenvalue weighted by Gasteiger charge is -1.81. The van der Waals surface area contributed by atoms with E-state index in [4.69, 9.17) is 5.53 Å². The summed E-state index contributed by atoms with van der Waals surface area (Å²) in [6, 6.07) is 1.77. The average molecular weight is 219 g/mol. The number of rotatable bonds is 3. The number of hydrogen-bond acceptors (Lipinski definition) is 3. The zero-order chi connectivity index (χ0) is 11.1. The van der Waals surface area contributed by atoms with Gasteiger partial charge in [0, 0.05) is 28.8 Å². The van der Waals surface area contributed by atoms with Gasteiger partial charge in [-0.05, 0) is 18.5 Å². The van der Waals surface area contributed by atoms with Gasteiger partial charge < -0.3 is 0 Å². The van der Waals surface area contributed by atoms with E-state index < -0.39 is 0 Å². The van der Waals surface area contributed by atoms with Crippen molar-refractivity contribution in [2.75, 3.05) is 6.54 Å². The molecule has 0 aliphatic carbocycles. The molecular formula is C10H9N3OS. The minimum Gasteiger partial charge on any atom is -0.294 e. The molecule has 0 amide bonds. The van der Waals surface area contributed by atoms with E-state index in [2.05, 4.69) is 21.9 Å². The highest BCUT2D eigenvalue weighted by Crippen LogP contribution is 2.13. The Morgan fingerprint density at radius 2 is 2.53 bits per heavy atom. The zero-order valence-corrected chi connectivity index (χ0v) is 9.04. The Morgan fingerprint density at radius 3 is 3.13 bits per heavy atom. The van der Waals surface area contributed by atoms with Gasteiger partial charge in [0.1, 0.15) is 0 Å². The van der Waals surface area contributed by atoms with Gasteiger partial charge in [-0.25, -0.2) is 0 Å². The van der Waals surface area contributed by atoms with Crippen molar-refractivity contribution in [3.8, 4) is 11.8 Å². The first-order valence-corrected chi connectivity index (χ1v) is 5.21. The second kappa shape index (κ2) is 5.86. The molecule has 4 nitrogen and oxygen atoms in total. The van der Waals surface area contributed by atoms with Crippen LogP contribution in [0.25, 0.3) is 10.4 Å². The fraction of sp³-hybridized carbons (Fsp3) is 0.300. The Hall–Kier alpha value is -1.76. The number of carbonyl (C=O) groups is 1. The van der Waals surface area contributed by atoms with Crippen LogP contribution in [0.3, 0.4) is 0 Å². The van der Waals surface area contributed by atoms with Gasteiger partial charge in [-0.15, -0.1) is 11.3 Å². The monoisotopic (exact) mass is 219 g/mol. The Morgan fingerprint density at radius 1 is 1.73 bits per heavy atom. The Balaban J connectivity index is 2.56. The van der Waals surface area contributed by atoms with Crippen LogP contribution in [0.5, 0.6) is 0 Å². The van der Waals surface area contributed by atoms with E-state index >= 15 is 0 Å². The number of carbonyl (C=O) groups excluding carboxylic acids is 1. The van der Waals surface area contributed by atoms with Crippen LogP contribution in [0, 0.1) is 11.8 Å². The summed E-state index contributed by atoms with van der Waals surface area (Å²) in [5.74, 6) is 5.83. The summed E-state index contributed by atoms with van der Waals surface area (Å²) in [6.45, 7) is 1.91. The maximum absolute atomic E-state index is 11.0. The van der Waals surface area contributed by atoms with Crippen molar-refractivity contribution >= 4 is 17.1 Å². The molecule has 0 aliphatic heterocycles. The smallest absolute Gasteiger partial charge is 0.169 e. The molecule has 0 aliphatic rings. The van der Waals surface area contributed by atoms with Gasteiger partial charge in [0.2, 0.25) is 0 Å². The molecule has 1 aromatic heterocycles. The van der Waals surface area contributed by atoms with Crippen LogP contribution in [0.15, 0.2) is 16.6 Å². The topological polar surface area (TPSA) is 65.8 Å². The highest BCUT2D eigenvalue weighted by atomic mass is 32.1. The van der Waals surface area contributed by atoms with E-state index in [1.54, 1.807) is 6.07 Å². The quantitative estimate of drug-likeness (QED) is 0.192. The van der Waals surface area contributed by atoms with Gasteiger partial charge in [-0.3, -0.25) is 4.79 Å². The fourth-order valence-corrected chi connectivity index (χ4v) is 1.64. The molecule has 0 unspecified atom stereocenters. The first kappa shape index (κ1) is 11.3. The number of nitrogens with zero attached hydrogens (tertiary/aromatic N) is 3. The lowest BCUT2D eigenvalue weighted by Crippen LogP contribution is -1.84. The summed E-state index contributed by atoms with van der Waals surface area (Å²) in [5.41, 5.74) is 8.86. The molecule has 76 valence electrons. The van der Waals surface area contributed by atoms with Crippen molar-refractivity contribution in [2.45, 2.75) is 13.3 Å². The highest BCUT2D eigenvalue weighted by molar-refractivity contribution is 7.12. The third kappa shape index (κ3) is 3.86. The number of hydrogen-bond donors (Lipinski definition) is 0. The standard InChI is InChI=1S/C10H9N3OS/c1-8(14)10-6-9(7-15-10)4-2-3-5-12-13-11/h6-7H,3,5H2,1H3. The van der Waals surface area contributed by atoms with E-state index in [-0.39, 0.29) is 5.78 Å². The van der Waals surface area contributed by atoms with Crippen LogP contribution in [0.4, 0.5) is 0 Å². The Kier molecular flexibility index (Phi) is 4.42. The van der Waals surface area contributed by atoms with Crippen LogP contribution in [-0.4, -0.2) is 12.3 Å². The minimum absolute atomic E-state index is 0.0575. The fourth-order valence-electron chi connectivity index (χ4n) is 0.902. The average Bonchev–Trinajstić information content (AvgIpc) is 2.66. The maximum Gasteiger partial charge on any atom is 0.169 e. The molecule has 0 fully saturated rings. The number of azide groups is 1. The summed E-state index contributed by atoms with van der Waals surface area (Å²) in [4.78, 5) is 14.3. The van der Waals surface area contributed by atoms with Gasteiger partial charge >= 0.3 is 0 Å². The molecule has 0 spiro atoms. The van der Waals surface area contributed by atoms with Crippen LogP contribution < -0.4 is 0 Å². The first-order valence-electron chi connectivity index (χ1n) is 4.33. The van der Waals surface area contributed by atoms with E-state index in [1.807, 2.05) is 5.38 Å². The molecule has 0 bridgehead atoms. The predicted octanol–water partition coefficient (Wildman–Crippen LogP) is 3.00. The number of Topliss-reactive ketones (excluding diaryl/α,β-unsaturated/α-hetero) is 1. The first-order chi connectivity index (χ1) is 7.24. The van der Waals surface area contributed by atoms with Gasteiger partial charge in [-0.1, -0.05) is 17.0 Å². The Bertz CT molecular complexity index is 461. The van der Waals surface area contributed by atoms with Crippen molar-refractivity contribution < 1.29 is 4.79 Å². The van der Waals surface area contributed by atoms with Gasteiger partial charge in [0.05, 0.1) is 4.88 Å². The lowest BCUT2D eigenvalue weighted by molar-refractivity contribution is 0.102. The van der Waals surface area contributed by atoms with Gasteiger partial charge in [0.15, 0.2) is 5.78 Å². The SMILES string of the molecule is CC(=O)c1cc(C#CCCN=[N+]=[N-])cs1. The van der Waals surface area contributed by atoms with E-state index in [0.29, 0.717) is 17.8 Å². The van der Waals surface area contributed by atoms with E-state index in [0.717, 1.165) is 5.56 Å². The second-order valence-electron chi connectivity index (χ2n) is 2.76. The van der Waals surface area contributed by atoms with Crippen molar-refractivity contribution in [3.05, 3.63) is 32.3 Å². The molecular weight excluding hydrogens is 210 g/mol. The molecule has 1 rings (SSSR count). The van der Waals surface area contributed by atoms with Crippen LogP contribution in [-0.2, 0) is 0 Å². The van der Waals surface area contributed by atoms with Crippen LogP contribution >= 0.6 is 11.3 Å². The molecule has 0 atom stereocenters. The van der Waals surface area contributed by atoms with Crippen molar-refractivity contribution in [1.82, 2.24) is 0 Å². The van der Waals surface area contributed by atoms with Crippen molar-refractivity contribution in [2.24, 2.45) is 5.11 Å².